The average Bonchev–Trinajstić information content (AvgIpc) is 1.86. The molecule has 0 radical (unpaired) electrons. The molecule has 0 bridgehead atoms. The second-order valence-corrected chi connectivity index (χ2v) is 4.75. The zero-order valence-corrected chi connectivity index (χ0v) is 7.30. The van der Waals surface area contributed by atoms with Gasteiger partial charge in [-0.3, -0.25) is 0 Å². The zero-order valence-electron chi connectivity index (χ0n) is 6.49. The van der Waals surface area contributed by atoms with Crippen LogP contribution in [0.25, 0.3) is 0 Å². The van der Waals surface area contributed by atoms with Gasteiger partial charge in [-0.05, 0) is 12.3 Å². The van der Waals surface area contributed by atoms with Gasteiger partial charge >= 0.3 is 0 Å². The molecule has 2 N–H and O–H groups in total. The molecule has 1 rings (SSSR count). The number of hydrogen-bond donors (Lipinski definition) is 1. The smallest absolute Gasteiger partial charge is 0.212 e. The molecule has 1 saturated heterocycles. The normalized spacial score (nSPS) is 33.6. The van der Waals surface area contributed by atoms with Crippen molar-refractivity contribution >= 4 is 10.0 Å². The molecule has 1 heterocycles. The van der Waals surface area contributed by atoms with Crippen LogP contribution in [0.1, 0.15) is 13.3 Å². The monoisotopic (exact) mass is 179 g/mol. The lowest BCUT2D eigenvalue weighted by Gasteiger charge is -2.26. The van der Waals surface area contributed by atoms with Crippen LogP contribution in [-0.2, 0) is 14.8 Å². The summed E-state index contributed by atoms with van der Waals surface area (Å²) in [7, 11) is -3.36. The summed E-state index contributed by atoms with van der Waals surface area (Å²) in [6.07, 6.45) is 0.528. The van der Waals surface area contributed by atoms with Crippen LogP contribution in [0.4, 0.5) is 0 Å². The summed E-state index contributed by atoms with van der Waals surface area (Å²) < 4.78 is 26.9. The Morgan fingerprint density at radius 3 is 2.55 bits per heavy atom. The van der Waals surface area contributed by atoms with E-state index in [9.17, 15) is 8.42 Å². The van der Waals surface area contributed by atoms with E-state index in [1.54, 1.807) is 0 Å². The SMILES string of the molecule is C[C@@H]1COCC[C@@H]1S(N)(=O)=O. The largest absolute Gasteiger partial charge is 0.381 e. The first kappa shape index (κ1) is 8.96. The van der Waals surface area contributed by atoms with Crippen molar-refractivity contribution in [2.75, 3.05) is 13.2 Å². The highest BCUT2D eigenvalue weighted by atomic mass is 32.2. The predicted octanol–water partition coefficient (Wildman–Crippen LogP) is -0.300. The topological polar surface area (TPSA) is 69.4 Å². The first-order valence-corrected chi connectivity index (χ1v) is 5.22. The van der Waals surface area contributed by atoms with E-state index in [-0.39, 0.29) is 5.92 Å². The quantitative estimate of drug-likeness (QED) is 0.601. The van der Waals surface area contributed by atoms with Crippen LogP contribution in [-0.4, -0.2) is 26.9 Å². The van der Waals surface area contributed by atoms with E-state index in [4.69, 9.17) is 9.88 Å². The van der Waals surface area contributed by atoms with Crippen molar-refractivity contribution in [1.82, 2.24) is 0 Å². The number of hydrogen-bond acceptors (Lipinski definition) is 3. The number of rotatable bonds is 1. The van der Waals surface area contributed by atoms with Gasteiger partial charge in [-0.1, -0.05) is 6.92 Å². The Bertz CT molecular complexity index is 224. The number of sulfonamides is 1. The van der Waals surface area contributed by atoms with Gasteiger partial charge in [0.2, 0.25) is 10.0 Å². The van der Waals surface area contributed by atoms with Crippen LogP contribution in [0.15, 0.2) is 0 Å². The number of nitrogens with two attached hydrogens (primary N) is 1. The van der Waals surface area contributed by atoms with Gasteiger partial charge < -0.3 is 4.74 Å². The number of primary sulfonamides is 1. The molecule has 11 heavy (non-hydrogen) atoms. The van der Waals surface area contributed by atoms with Crippen LogP contribution < -0.4 is 5.14 Å². The van der Waals surface area contributed by atoms with Gasteiger partial charge in [-0.25, -0.2) is 13.6 Å². The van der Waals surface area contributed by atoms with Crippen LogP contribution in [0.3, 0.4) is 0 Å². The van der Waals surface area contributed by atoms with Crippen molar-refractivity contribution < 1.29 is 13.2 Å². The summed E-state index contributed by atoms with van der Waals surface area (Å²) in [6, 6.07) is 0. The molecular weight excluding hydrogens is 166 g/mol. The standard InChI is InChI=1S/C6H13NO3S/c1-5-4-10-3-2-6(5)11(7,8)9/h5-6H,2-4H2,1H3,(H2,7,8,9)/t5-,6+/m1/s1. The lowest BCUT2D eigenvalue weighted by molar-refractivity contribution is 0.0637. The molecule has 1 fully saturated rings. The minimum absolute atomic E-state index is 0.0266. The molecule has 0 aromatic rings. The fraction of sp³-hybridized carbons (Fsp3) is 1.00. The molecule has 0 unspecified atom stereocenters. The number of ether oxygens (including phenoxy) is 1. The van der Waals surface area contributed by atoms with Crippen molar-refractivity contribution in [3.05, 3.63) is 0 Å². The van der Waals surface area contributed by atoms with Crippen LogP contribution >= 0.6 is 0 Å². The molecule has 0 aromatic heterocycles. The highest BCUT2D eigenvalue weighted by molar-refractivity contribution is 7.89. The summed E-state index contributed by atoms with van der Waals surface area (Å²) in [5.41, 5.74) is 0. The van der Waals surface area contributed by atoms with E-state index in [0.717, 1.165) is 0 Å². The second kappa shape index (κ2) is 3.08. The molecule has 5 heteroatoms. The average molecular weight is 179 g/mol. The molecule has 0 amide bonds. The molecular formula is C6H13NO3S. The Morgan fingerprint density at radius 2 is 2.18 bits per heavy atom. The van der Waals surface area contributed by atoms with E-state index in [1.165, 1.54) is 0 Å². The first-order valence-electron chi connectivity index (χ1n) is 3.61. The molecule has 2 atom stereocenters. The lowest BCUT2D eigenvalue weighted by Crippen LogP contribution is -2.40. The van der Waals surface area contributed by atoms with Crippen LogP contribution in [0, 0.1) is 5.92 Å². The fourth-order valence-corrected chi connectivity index (χ4v) is 2.50. The van der Waals surface area contributed by atoms with Crippen LogP contribution in [0.2, 0.25) is 0 Å². The van der Waals surface area contributed by atoms with Crippen molar-refractivity contribution in [2.45, 2.75) is 18.6 Å². The van der Waals surface area contributed by atoms with Gasteiger partial charge in [0, 0.05) is 6.61 Å². The predicted molar refractivity (Wildman–Crippen MR) is 41.5 cm³/mol. The third kappa shape index (κ3) is 2.15. The minimum atomic E-state index is -3.36. The van der Waals surface area contributed by atoms with Gasteiger partial charge in [-0.2, -0.15) is 0 Å². The molecule has 1 aliphatic heterocycles. The maximum Gasteiger partial charge on any atom is 0.212 e. The van der Waals surface area contributed by atoms with Crippen molar-refractivity contribution in [2.24, 2.45) is 11.1 Å². The third-order valence-corrected chi connectivity index (χ3v) is 3.53. The summed E-state index contributed by atoms with van der Waals surface area (Å²) in [5, 5.41) is 4.61. The Labute approximate surface area is 66.8 Å². The van der Waals surface area contributed by atoms with Crippen LogP contribution in [0.5, 0.6) is 0 Å². The first-order chi connectivity index (χ1) is 5.02. The van der Waals surface area contributed by atoms with E-state index in [2.05, 4.69) is 0 Å². The Kier molecular flexibility index (Phi) is 2.51. The molecule has 0 aliphatic carbocycles. The molecule has 0 spiro atoms. The lowest BCUT2D eigenvalue weighted by atomic mass is 10.0. The second-order valence-electron chi connectivity index (χ2n) is 2.97. The van der Waals surface area contributed by atoms with Crippen molar-refractivity contribution in [3.63, 3.8) is 0 Å². The van der Waals surface area contributed by atoms with E-state index in [1.807, 2.05) is 6.92 Å². The summed E-state index contributed by atoms with van der Waals surface area (Å²) >= 11 is 0. The maximum atomic E-state index is 10.9. The Hall–Kier alpha value is -0.130. The molecule has 0 aromatic carbocycles. The van der Waals surface area contributed by atoms with Crippen molar-refractivity contribution in [3.8, 4) is 0 Å². The zero-order chi connectivity index (χ0) is 8.48. The minimum Gasteiger partial charge on any atom is -0.381 e. The summed E-state index contributed by atoms with van der Waals surface area (Å²) in [4.78, 5) is 0. The molecule has 66 valence electrons. The maximum absolute atomic E-state index is 10.9. The van der Waals surface area contributed by atoms with Gasteiger partial charge in [0.1, 0.15) is 0 Å². The van der Waals surface area contributed by atoms with E-state index < -0.39 is 15.3 Å². The molecule has 1 aliphatic rings. The highest BCUT2D eigenvalue weighted by Gasteiger charge is 2.30. The Balaban J connectivity index is 2.70. The fourth-order valence-electron chi connectivity index (χ4n) is 1.35. The van der Waals surface area contributed by atoms with Crippen molar-refractivity contribution in [1.29, 1.82) is 0 Å². The highest BCUT2D eigenvalue weighted by Crippen LogP contribution is 2.19. The van der Waals surface area contributed by atoms with Gasteiger partial charge in [0.25, 0.3) is 0 Å². The van der Waals surface area contributed by atoms with Gasteiger partial charge in [0.15, 0.2) is 0 Å². The summed E-state index contributed by atoms with van der Waals surface area (Å²) in [6.45, 7) is 2.85. The third-order valence-electron chi connectivity index (χ3n) is 1.98. The van der Waals surface area contributed by atoms with Gasteiger partial charge in [0.05, 0.1) is 11.9 Å². The van der Waals surface area contributed by atoms with Gasteiger partial charge in [-0.15, -0.1) is 0 Å². The van der Waals surface area contributed by atoms with E-state index in [0.29, 0.717) is 19.6 Å². The molecule has 0 saturated carbocycles. The summed E-state index contributed by atoms with van der Waals surface area (Å²) in [5.74, 6) is 0.0266. The molecule has 4 nitrogen and oxygen atoms in total. The Morgan fingerprint density at radius 1 is 1.55 bits per heavy atom. The van der Waals surface area contributed by atoms with E-state index >= 15 is 0 Å².